The van der Waals surface area contributed by atoms with Crippen LogP contribution in [0.25, 0.3) is 0 Å². The fourth-order valence-corrected chi connectivity index (χ4v) is 3.16. The lowest BCUT2D eigenvalue weighted by atomic mass is 9.76. The van der Waals surface area contributed by atoms with Gasteiger partial charge in [0.2, 0.25) is 0 Å². The predicted octanol–water partition coefficient (Wildman–Crippen LogP) is 2.69. The Labute approximate surface area is 116 Å². The molecule has 1 heterocycles. The predicted molar refractivity (Wildman–Crippen MR) is 73.2 cm³/mol. The lowest BCUT2D eigenvalue weighted by Gasteiger charge is -2.31. The van der Waals surface area contributed by atoms with Gasteiger partial charge in [0.1, 0.15) is 17.8 Å². The highest BCUT2D eigenvalue weighted by molar-refractivity contribution is 6.23. The molecule has 0 saturated heterocycles. The summed E-state index contributed by atoms with van der Waals surface area (Å²) >= 11 is 0. The van der Waals surface area contributed by atoms with Crippen molar-refractivity contribution in [3.63, 3.8) is 0 Å². The third kappa shape index (κ3) is 1.29. The van der Waals surface area contributed by atoms with Crippen LogP contribution in [0.15, 0.2) is 48.5 Å². The third-order valence-corrected chi connectivity index (χ3v) is 4.23. The maximum atomic E-state index is 12.8. The van der Waals surface area contributed by atoms with E-state index in [0.717, 1.165) is 5.56 Å². The fraction of sp³-hybridized carbons (Fsp3) is 0.176. The third-order valence-electron chi connectivity index (χ3n) is 4.23. The number of hydrogen-bond donors (Lipinski definition) is 0. The van der Waals surface area contributed by atoms with Crippen molar-refractivity contribution in [2.45, 2.75) is 6.42 Å². The number of hydrogen-bond acceptors (Lipinski definition) is 3. The van der Waals surface area contributed by atoms with Crippen molar-refractivity contribution in [3.05, 3.63) is 65.2 Å². The molecular formula is C17H12O3. The molecule has 0 saturated carbocycles. The quantitative estimate of drug-likeness (QED) is 0.687. The standard InChI is InChI=1S/C17H12O3/c18-15-12-6-2-1-5-11(12)9-17(15)10-20-14-8-4-3-7-13(14)16(17)19/h1-8H,9-10H2/t17-/m1/s1. The number of fused-ring (bicyclic) bond motifs is 2. The number of ether oxygens (including phenoxy) is 1. The first kappa shape index (κ1) is 11.4. The number of Topliss-reactive ketones (excluding diaryl/α,β-unsaturated/α-hetero) is 2. The topological polar surface area (TPSA) is 43.4 Å². The maximum absolute atomic E-state index is 12.8. The second kappa shape index (κ2) is 3.79. The van der Waals surface area contributed by atoms with Gasteiger partial charge in [0.05, 0.1) is 5.56 Å². The highest BCUT2D eigenvalue weighted by Gasteiger charge is 2.54. The van der Waals surface area contributed by atoms with Gasteiger partial charge in [-0.2, -0.15) is 0 Å². The largest absolute Gasteiger partial charge is 0.491 e. The first-order valence-corrected chi connectivity index (χ1v) is 6.62. The lowest BCUT2D eigenvalue weighted by molar-refractivity contribution is 0.0541. The van der Waals surface area contributed by atoms with Gasteiger partial charge in [0.15, 0.2) is 11.6 Å². The van der Waals surface area contributed by atoms with E-state index in [1.807, 2.05) is 24.3 Å². The summed E-state index contributed by atoms with van der Waals surface area (Å²) in [6.45, 7) is 0.135. The lowest BCUT2D eigenvalue weighted by Crippen LogP contribution is -2.45. The summed E-state index contributed by atoms with van der Waals surface area (Å²) < 4.78 is 5.69. The first-order valence-electron chi connectivity index (χ1n) is 6.62. The van der Waals surface area contributed by atoms with Crippen LogP contribution >= 0.6 is 0 Å². The van der Waals surface area contributed by atoms with E-state index < -0.39 is 5.41 Å². The molecule has 3 nitrogen and oxygen atoms in total. The average Bonchev–Trinajstić information content (AvgIpc) is 2.78. The van der Waals surface area contributed by atoms with Crippen molar-refractivity contribution in [3.8, 4) is 5.75 Å². The van der Waals surface area contributed by atoms with Crippen LogP contribution in [0.4, 0.5) is 0 Å². The molecule has 2 aromatic rings. The normalized spacial score (nSPS) is 23.4. The number of carbonyl (C=O) groups is 2. The van der Waals surface area contributed by atoms with E-state index in [-0.39, 0.29) is 18.2 Å². The van der Waals surface area contributed by atoms with Crippen molar-refractivity contribution in [1.82, 2.24) is 0 Å². The molecule has 1 spiro atoms. The first-order chi connectivity index (χ1) is 9.72. The van der Waals surface area contributed by atoms with Crippen molar-refractivity contribution < 1.29 is 14.3 Å². The molecule has 0 unspecified atom stereocenters. The van der Waals surface area contributed by atoms with Crippen molar-refractivity contribution in [2.75, 3.05) is 6.61 Å². The molecule has 1 aliphatic carbocycles. The van der Waals surface area contributed by atoms with E-state index in [1.165, 1.54) is 0 Å². The molecule has 4 rings (SSSR count). The van der Waals surface area contributed by atoms with Gasteiger partial charge in [0, 0.05) is 5.56 Å². The monoisotopic (exact) mass is 264 g/mol. The molecule has 0 amide bonds. The van der Waals surface area contributed by atoms with Gasteiger partial charge in [-0.1, -0.05) is 36.4 Å². The summed E-state index contributed by atoms with van der Waals surface area (Å²) in [5.41, 5.74) is 1.05. The highest BCUT2D eigenvalue weighted by Crippen LogP contribution is 2.44. The average molecular weight is 264 g/mol. The number of ketones is 2. The zero-order valence-corrected chi connectivity index (χ0v) is 10.8. The van der Waals surface area contributed by atoms with Gasteiger partial charge < -0.3 is 4.74 Å². The molecule has 1 atom stereocenters. The molecule has 0 aromatic heterocycles. The fourth-order valence-electron chi connectivity index (χ4n) is 3.16. The summed E-state index contributed by atoms with van der Waals surface area (Å²) in [4.78, 5) is 25.5. The highest BCUT2D eigenvalue weighted by atomic mass is 16.5. The molecule has 0 N–H and O–H groups in total. The minimum absolute atomic E-state index is 0.104. The van der Waals surface area contributed by atoms with E-state index in [0.29, 0.717) is 23.3 Å². The number of carbonyl (C=O) groups excluding carboxylic acids is 2. The zero-order chi connectivity index (χ0) is 13.7. The van der Waals surface area contributed by atoms with E-state index in [9.17, 15) is 9.59 Å². The Morgan fingerprint density at radius 3 is 2.30 bits per heavy atom. The second-order valence-electron chi connectivity index (χ2n) is 5.36. The summed E-state index contributed by atoms with van der Waals surface area (Å²) in [6.07, 6.45) is 0.440. The van der Waals surface area contributed by atoms with E-state index in [4.69, 9.17) is 4.74 Å². The molecule has 20 heavy (non-hydrogen) atoms. The summed E-state index contributed by atoms with van der Waals surface area (Å²) in [6, 6.07) is 14.6. The Kier molecular flexibility index (Phi) is 2.16. The Balaban J connectivity index is 1.86. The summed E-state index contributed by atoms with van der Waals surface area (Å²) in [5, 5.41) is 0. The smallest absolute Gasteiger partial charge is 0.184 e. The molecule has 0 fully saturated rings. The molecule has 3 heteroatoms. The molecule has 2 aliphatic rings. The van der Waals surface area contributed by atoms with E-state index >= 15 is 0 Å². The van der Waals surface area contributed by atoms with Gasteiger partial charge in [0.25, 0.3) is 0 Å². The van der Waals surface area contributed by atoms with Crippen LogP contribution in [-0.2, 0) is 6.42 Å². The molecule has 0 radical (unpaired) electrons. The number of para-hydroxylation sites is 1. The zero-order valence-electron chi connectivity index (χ0n) is 10.8. The van der Waals surface area contributed by atoms with E-state index in [1.54, 1.807) is 24.3 Å². The van der Waals surface area contributed by atoms with E-state index in [2.05, 4.69) is 0 Å². The SMILES string of the molecule is O=C1c2ccccc2C[C@@]12COc1ccccc1C2=O. The van der Waals surface area contributed by atoms with Crippen LogP contribution in [0.5, 0.6) is 5.75 Å². The second-order valence-corrected chi connectivity index (χ2v) is 5.36. The van der Waals surface area contributed by atoms with Gasteiger partial charge in [-0.25, -0.2) is 0 Å². The minimum Gasteiger partial charge on any atom is -0.491 e. The Morgan fingerprint density at radius 1 is 0.850 bits per heavy atom. The number of benzene rings is 2. The Bertz CT molecular complexity index is 747. The van der Waals surface area contributed by atoms with Gasteiger partial charge in [-0.15, -0.1) is 0 Å². The molecule has 2 aromatic carbocycles. The van der Waals surface area contributed by atoms with Crippen LogP contribution in [0.1, 0.15) is 26.3 Å². The summed E-state index contributed by atoms with van der Waals surface area (Å²) in [5.74, 6) is 0.361. The van der Waals surface area contributed by atoms with Crippen LogP contribution in [-0.4, -0.2) is 18.2 Å². The van der Waals surface area contributed by atoms with Crippen LogP contribution in [0.3, 0.4) is 0 Å². The van der Waals surface area contributed by atoms with Gasteiger partial charge in [-0.3, -0.25) is 9.59 Å². The van der Waals surface area contributed by atoms with Gasteiger partial charge in [-0.05, 0) is 24.1 Å². The maximum Gasteiger partial charge on any atom is 0.184 e. The van der Waals surface area contributed by atoms with Crippen LogP contribution < -0.4 is 4.74 Å². The molecular weight excluding hydrogens is 252 g/mol. The Hall–Kier alpha value is -2.42. The number of rotatable bonds is 0. The minimum atomic E-state index is -1.06. The van der Waals surface area contributed by atoms with Crippen molar-refractivity contribution in [2.24, 2.45) is 5.41 Å². The van der Waals surface area contributed by atoms with Crippen LogP contribution in [0, 0.1) is 5.41 Å². The van der Waals surface area contributed by atoms with Gasteiger partial charge >= 0.3 is 0 Å². The summed E-state index contributed by atoms with van der Waals surface area (Å²) in [7, 11) is 0. The van der Waals surface area contributed by atoms with Crippen molar-refractivity contribution in [1.29, 1.82) is 0 Å². The van der Waals surface area contributed by atoms with Crippen molar-refractivity contribution >= 4 is 11.6 Å². The molecule has 1 aliphatic heterocycles. The Morgan fingerprint density at radius 2 is 1.50 bits per heavy atom. The van der Waals surface area contributed by atoms with Crippen LogP contribution in [0.2, 0.25) is 0 Å². The molecule has 0 bridgehead atoms. The molecule has 98 valence electrons.